The number of nitrogens with two attached hydrogens (primary N) is 2. The summed E-state index contributed by atoms with van der Waals surface area (Å²) in [7, 11) is 3.06. The van der Waals surface area contributed by atoms with Crippen LogP contribution in [0.3, 0.4) is 0 Å². The molecule has 73 heavy (non-hydrogen) atoms. The molecule has 0 spiro atoms. The molecule has 1 aliphatic heterocycles. The van der Waals surface area contributed by atoms with Crippen LogP contribution in [0.5, 0.6) is 11.5 Å². The second-order valence-corrected chi connectivity index (χ2v) is 18.4. The third kappa shape index (κ3) is 12.3. The van der Waals surface area contributed by atoms with Crippen LogP contribution in [0.1, 0.15) is 99.6 Å². The number of ether oxygens (including phenoxy) is 2. The minimum atomic E-state index is -0.750. The Hall–Kier alpha value is -8.15. The van der Waals surface area contributed by atoms with E-state index in [4.69, 9.17) is 25.9 Å². The maximum Gasteiger partial charge on any atom is 0.276 e. The van der Waals surface area contributed by atoms with E-state index in [0.29, 0.717) is 40.9 Å². The molecule has 384 valence electrons. The van der Waals surface area contributed by atoms with Gasteiger partial charge in [-0.05, 0) is 68.8 Å². The fourth-order valence-corrected chi connectivity index (χ4v) is 9.44. The predicted molar refractivity (Wildman–Crippen MR) is 272 cm³/mol. The zero-order valence-electron chi connectivity index (χ0n) is 41.3. The monoisotopic (exact) mass is 1020 g/mol. The van der Waals surface area contributed by atoms with Crippen LogP contribution >= 0.6 is 11.8 Å². The quantitative estimate of drug-likeness (QED) is 0.0352. The summed E-state index contributed by atoms with van der Waals surface area (Å²) in [5, 5.41) is 17.3. The number of nitrogens with zero attached hydrogens (tertiary/aromatic N) is 10. The summed E-state index contributed by atoms with van der Waals surface area (Å²) in [6.45, 7) is 6.70. The van der Waals surface area contributed by atoms with Gasteiger partial charge in [0.25, 0.3) is 11.8 Å². The van der Waals surface area contributed by atoms with Crippen molar-refractivity contribution in [3.8, 4) is 11.5 Å². The van der Waals surface area contributed by atoms with Crippen LogP contribution in [-0.4, -0.2) is 135 Å². The fourth-order valence-electron chi connectivity index (χ4n) is 8.25. The predicted octanol–water partition coefficient (Wildman–Crippen LogP) is 4.34. The van der Waals surface area contributed by atoms with E-state index in [9.17, 15) is 33.6 Å². The van der Waals surface area contributed by atoms with Crippen LogP contribution < -0.4 is 31.6 Å². The van der Waals surface area contributed by atoms with Gasteiger partial charge in [0.2, 0.25) is 41.4 Å². The smallest absolute Gasteiger partial charge is 0.276 e. The molecule has 7 amide bonds. The summed E-state index contributed by atoms with van der Waals surface area (Å²) in [6, 6.07) is 9.10. The van der Waals surface area contributed by atoms with Crippen molar-refractivity contribution in [2.24, 2.45) is 11.5 Å². The molecule has 24 heteroatoms. The third-order valence-corrected chi connectivity index (χ3v) is 13.3. The summed E-state index contributed by atoms with van der Waals surface area (Å²) >= 11 is 1.50. The number of carbonyl (C=O) groups excluding carboxylic acids is 7. The first kappa shape index (κ1) is 52.7. The number of anilines is 2. The van der Waals surface area contributed by atoms with E-state index >= 15 is 0 Å². The molecule has 1 aliphatic rings. The first-order chi connectivity index (χ1) is 35.1. The average molecular weight is 1020 g/mol. The fraction of sp³-hybridized carbons (Fsp3) is 0.388. The zero-order valence-corrected chi connectivity index (χ0v) is 42.1. The van der Waals surface area contributed by atoms with Crippen LogP contribution in [0.4, 0.5) is 11.9 Å². The van der Waals surface area contributed by atoms with Crippen molar-refractivity contribution >= 4 is 87.1 Å². The van der Waals surface area contributed by atoms with Gasteiger partial charge in [-0.2, -0.15) is 15.3 Å². The van der Waals surface area contributed by atoms with E-state index in [2.05, 4.69) is 37.8 Å². The number of primary amides is 2. The zero-order chi connectivity index (χ0) is 52.3. The Morgan fingerprint density at radius 1 is 0.849 bits per heavy atom. The number of rotatable bonds is 25. The number of hydrogen-bond acceptors (Lipinski definition) is 15. The first-order valence-corrected chi connectivity index (χ1v) is 24.8. The molecule has 0 saturated carbocycles. The number of thioether (sulfide) groups is 1. The van der Waals surface area contributed by atoms with E-state index in [1.807, 2.05) is 6.92 Å². The molecule has 4 aromatic heterocycles. The number of nitrogens with one attached hydrogen (secondary N) is 2. The van der Waals surface area contributed by atoms with Crippen molar-refractivity contribution < 1.29 is 43.0 Å². The molecule has 6 aromatic rings. The summed E-state index contributed by atoms with van der Waals surface area (Å²) in [6.07, 6.45) is 9.79. The molecule has 5 heterocycles. The molecular formula is C49H58N14O9S. The highest BCUT2D eigenvalue weighted by atomic mass is 32.2. The third-order valence-electron chi connectivity index (χ3n) is 12.0. The maximum absolute atomic E-state index is 13.7. The number of likely N-dealkylation sites (tertiary alicyclic amines) is 1. The lowest BCUT2D eigenvalue weighted by atomic mass is 10.1. The number of imide groups is 1. The number of carbonyl (C=O) groups is 7. The second kappa shape index (κ2) is 23.8. The molecule has 1 saturated heterocycles. The van der Waals surface area contributed by atoms with Crippen molar-refractivity contribution in [2.45, 2.75) is 84.2 Å². The Labute approximate surface area is 424 Å². The van der Waals surface area contributed by atoms with Crippen LogP contribution in [0.2, 0.25) is 0 Å². The number of benzene rings is 2. The van der Waals surface area contributed by atoms with Gasteiger partial charge in [-0.25, -0.2) is 9.97 Å². The number of imidazole rings is 2. The number of aryl methyl sites for hydroxylation is 2. The summed E-state index contributed by atoms with van der Waals surface area (Å²) < 4.78 is 17.0. The molecule has 2 aromatic carbocycles. The maximum atomic E-state index is 13.7. The number of hydrogen-bond donors (Lipinski definition) is 4. The van der Waals surface area contributed by atoms with Gasteiger partial charge in [-0.1, -0.05) is 31.9 Å². The van der Waals surface area contributed by atoms with E-state index in [1.54, 1.807) is 46.0 Å². The molecule has 6 N–H and O–H groups in total. The van der Waals surface area contributed by atoms with E-state index in [0.717, 1.165) is 25.0 Å². The van der Waals surface area contributed by atoms with Gasteiger partial charge in [0, 0.05) is 63.7 Å². The Morgan fingerprint density at radius 3 is 2.10 bits per heavy atom. The SMILES string of the molecule is CCCCCSC1CC(=O)N(CCC(=O)N(C)CCCOc2cc(C(N)=O)cc3nc(NC(=O)c4ccnnc4)n(C/C=C/Cn4c(NC(=O)c5cc(C)nn5CC)nc5cc(C(N)=O)cc(OC)c54)c23)C1=O. The standard InChI is InChI=1S/C49H58N14O9S/c1-6-8-11-21-73-38-27-40(65)60(47(38)70)19-14-39(64)59(4)16-12-20-72-37-26-32(44(51)67)24-34-42(37)62(48(55-34)56-45(68)30-13-15-52-53-28-30)18-10-9-17-61-41-33(23-31(43(50)66)25-36(41)71-5)54-49(61)57-46(69)35-22-29(3)58-63(35)7-2/h9-10,13,15,22-26,28,38H,6-8,11-12,14,16-21,27H2,1-5H3,(H2,50,66)(H2,51,67)(H,54,57,69)(H,55,56,68)/b10-9+. The Balaban J connectivity index is 1.12. The van der Waals surface area contributed by atoms with Gasteiger partial charge in [0.1, 0.15) is 28.2 Å². The minimum absolute atomic E-state index is 0.00474. The van der Waals surface area contributed by atoms with E-state index < -0.39 is 28.9 Å². The van der Waals surface area contributed by atoms with Gasteiger partial charge >= 0.3 is 0 Å². The van der Waals surface area contributed by atoms with Gasteiger partial charge < -0.3 is 35.0 Å². The topological polar surface area (TPSA) is 300 Å². The Bertz CT molecular complexity index is 3090. The molecule has 0 radical (unpaired) electrons. The molecule has 1 atom stereocenters. The lowest BCUT2D eigenvalue weighted by Crippen LogP contribution is -2.36. The van der Waals surface area contributed by atoms with Crippen molar-refractivity contribution in [1.82, 2.24) is 48.9 Å². The van der Waals surface area contributed by atoms with Gasteiger partial charge in [0.05, 0.1) is 53.7 Å². The minimum Gasteiger partial charge on any atom is -0.494 e. The Kier molecular flexibility index (Phi) is 17.2. The number of methoxy groups -OCH3 is 1. The summed E-state index contributed by atoms with van der Waals surface area (Å²) in [4.78, 5) is 103. The lowest BCUT2D eigenvalue weighted by Gasteiger charge is -2.20. The molecule has 0 bridgehead atoms. The van der Waals surface area contributed by atoms with Crippen LogP contribution in [0.15, 0.2) is 60.9 Å². The summed E-state index contributed by atoms with van der Waals surface area (Å²) in [5.74, 6) is -1.73. The highest BCUT2D eigenvalue weighted by Gasteiger charge is 2.38. The second-order valence-electron chi connectivity index (χ2n) is 17.1. The molecule has 7 rings (SSSR count). The van der Waals surface area contributed by atoms with Gasteiger partial charge in [-0.3, -0.25) is 53.8 Å². The van der Waals surface area contributed by atoms with E-state index in [1.165, 1.54) is 71.4 Å². The Morgan fingerprint density at radius 2 is 1.49 bits per heavy atom. The lowest BCUT2D eigenvalue weighted by molar-refractivity contribution is -0.139. The average Bonchev–Trinajstić information content (AvgIpc) is 4.12. The number of allylic oxidation sites excluding steroid dienone is 2. The largest absolute Gasteiger partial charge is 0.494 e. The van der Waals surface area contributed by atoms with Crippen molar-refractivity contribution in [3.63, 3.8) is 0 Å². The van der Waals surface area contributed by atoms with Crippen molar-refractivity contribution in [2.75, 3.05) is 50.2 Å². The molecule has 23 nitrogen and oxygen atoms in total. The van der Waals surface area contributed by atoms with Gasteiger partial charge in [-0.15, -0.1) is 11.8 Å². The van der Waals surface area contributed by atoms with Crippen LogP contribution in [0, 0.1) is 6.92 Å². The highest BCUT2D eigenvalue weighted by Crippen LogP contribution is 2.33. The normalized spacial score (nSPS) is 13.6. The van der Waals surface area contributed by atoms with Crippen LogP contribution in [0.25, 0.3) is 22.1 Å². The number of unbranched alkanes of at least 4 members (excludes halogenated alkanes) is 2. The molecular weight excluding hydrogens is 961 g/mol. The summed E-state index contributed by atoms with van der Waals surface area (Å²) in [5.41, 5.74) is 14.3. The number of fused-ring (bicyclic) bond motifs is 2. The number of amides is 7. The van der Waals surface area contributed by atoms with E-state index in [-0.39, 0.29) is 109 Å². The number of aromatic nitrogens is 8. The van der Waals surface area contributed by atoms with Crippen LogP contribution in [-0.2, 0) is 34.0 Å². The first-order valence-electron chi connectivity index (χ1n) is 23.8. The molecule has 0 aliphatic carbocycles. The molecule has 1 fully saturated rings. The molecule has 1 unspecified atom stereocenters. The van der Waals surface area contributed by atoms with Crippen molar-refractivity contribution in [1.29, 1.82) is 0 Å². The van der Waals surface area contributed by atoms with Crippen molar-refractivity contribution in [3.05, 3.63) is 89.0 Å². The van der Waals surface area contributed by atoms with Gasteiger partial charge in [0.15, 0.2) is 0 Å². The highest BCUT2D eigenvalue weighted by molar-refractivity contribution is 8.00.